The third kappa shape index (κ3) is 3.32. The van der Waals surface area contributed by atoms with Crippen LogP contribution in [0.2, 0.25) is 0 Å². The van der Waals surface area contributed by atoms with Gasteiger partial charge in [-0.15, -0.1) is 0 Å². The second-order valence-electron chi connectivity index (χ2n) is 7.52. The molecular formula is C21H23N9. The summed E-state index contributed by atoms with van der Waals surface area (Å²) >= 11 is 0. The molecule has 152 valence electrons. The van der Waals surface area contributed by atoms with Crippen LogP contribution in [0.3, 0.4) is 0 Å². The standard InChI is InChI=1S/C21H23N9/c1-14-11-15(2)30(27-14)19-12-18(25-16(3)26-19)28-7-9-29(10-8-28)21-17-5-4-6-22-20(17)23-13-24-21/h4-6,11-13H,7-10H2,1-3H3. The molecule has 0 amide bonds. The van der Waals surface area contributed by atoms with Gasteiger partial charge in [0.25, 0.3) is 0 Å². The number of nitrogens with zero attached hydrogens (tertiary/aromatic N) is 9. The Kier molecular flexibility index (Phi) is 4.50. The van der Waals surface area contributed by atoms with Gasteiger partial charge in [0.15, 0.2) is 11.5 Å². The molecule has 9 heteroatoms. The summed E-state index contributed by atoms with van der Waals surface area (Å²) in [4.78, 5) is 27.0. The van der Waals surface area contributed by atoms with Gasteiger partial charge in [-0.25, -0.2) is 29.6 Å². The molecule has 0 N–H and O–H groups in total. The minimum absolute atomic E-state index is 0.728. The van der Waals surface area contributed by atoms with Crippen molar-refractivity contribution in [1.82, 2.24) is 34.7 Å². The summed E-state index contributed by atoms with van der Waals surface area (Å²) in [6.45, 7) is 9.34. The molecule has 0 radical (unpaired) electrons. The van der Waals surface area contributed by atoms with Crippen molar-refractivity contribution < 1.29 is 0 Å². The van der Waals surface area contributed by atoms with E-state index in [-0.39, 0.29) is 0 Å². The molecule has 0 aliphatic carbocycles. The molecule has 4 aromatic rings. The van der Waals surface area contributed by atoms with Gasteiger partial charge >= 0.3 is 0 Å². The van der Waals surface area contributed by atoms with Crippen LogP contribution in [-0.2, 0) is 0 Å². The van der Waals surface area contributed by atoms with Crippen molar-refractivity contribution >= 4 is 22.7 Å². The minimum atomic E-state index is 0.728. The highest BCUT2D eigenvalue weighted by molar-refractivity contribution is 5.86. The van der Waals surface area contributed by atoms with E-state index in [1.807, 2.05) is 43.7 Å². The van der Waals surface area contributed by atoms with Gasteiger partial charge < -0.3 is 9.80 Å². The van der Waals surface area contributed by atoms with Crippen molar-refractivity contribution in [1.29, 1.82) is 0 Å². The minimum Gasteiger partial charge on any atom is -0.353 e. The van der Waals surface area contributed by atoms with E-state index in [1.165, 1.54) is 0 Å². The highest BCUT2D eigenvalue weighted by Gasteiger charge is 2.22. The van der Waals surface area contributed by atoms with Gasteiger partial charge in [0.1, 0.15) is 23.8 Å². The summed E-state index contributed by atoms with van der Waals surface area (Å²) in [6.07, 6.45) is 3.35. The van der Waals surface area contributed by atoms with Crippen LogP contribution in [-0.4, -0.2) is 60.9 Å². The highest BCUT2D eigenvalue weighted by Crippen LogP contribution is 2.24. The summed E-state index contributed by atoms with van der Waals surface area (Å²) < 4.78 is 1.88. The van der Waals surface area contributed by atoms with Gasteiger partial charge in [-0.1, -0.05) is 0 Å². The molecule has 5 rings (SSSR count). The molecule has 0 unspecified atom stereocenters. The number of pyridine rings is 1. The monoisotopic (exact) mass is 401 g/mol. The third-order valence-electron chi connectivity index (χ3n) is 5.33. The normalized spacial score (nSPS) is 14.5. The third-order valence-corrected chi connectivity index (χ3v) is 5.33. The van der Waals surface area contributed by atoms with E-state index in [4.69, 9.17) is 0 Å². The smallest absolute Gasteiger partial charge is 0.164 e. The Hall–Kier alpha value is -3.62. The Balaban J connectivity index is 1.39. The molecule has 9 nitrogen and oxygen atoms in total. The molecule has 1 saturated heterocycles. The molecule has 1 fully saturated rings. The zero-order chi connectivity index (χ0) is 20.7. The van der Waals surface area contributed by atoms with Crippen LogP contribution in [0.4, 0.5) is 11.6 Å². The van der Waals surface area contributed by atoms with Crippen LogP contribution in [0.5, 0.6) is 0 Å². The Morgan fingerprint density at radius 2 is 1.60 bits per heavy atom. The summed E-state index contributed by atoms with van der Waals surface area (Å²) in [5.41, 5.74) is 2.77. The van der Waals surface area contributed by atoms with Gasteiger partial charge in [-0.2, -0.15) is 5.10 Å². The van der Waals surface area contributed by atoms with Crippen LogP contribution >= 0.6 is 0 Å². The molecular weight excluding hydrogens is 378 g/mol. The van der Waals surface area contributed by atoms with Crippen molar-refractivity contribution in [3.05, 3.63) is 54.0 Å². The molecule has 0 spiro atoms. The molecule has 0 atom stereocenters. The topological polar surface area (TPSA) is 88.8 Å². The molecule has 1 aliphatic rings. The van der Waals surface area contributed by atoms with Crippen LogP contribution in [0.15, 0.2) is 36.8 Å². The van der Waals surface area contributed by atoms with Crippen LogP contribution in [0, 0.1) is 20.8 Å². The van der Waals surface area contributed by atoms with E-state index in [9.17, 15) is 0 Å². The summed E-state index contributed by atoms with van der Waals surface area (Å²) in [5, 5.41) is 5.55. The van der Waals surface area contributed by atoms with Crippen LogP contribution < -0.4 is 9.80 Å². The van der Waals surface area contributed by atoms with Crippen molar-refractivity contribution in [3.8, 4) is 5.82 Å². The Bertz CT molecular complexity index is 1200. The van der Waals surface area contributed by atoms with Crippen LogP contribution in [0.25, 0.3) is 16.9 Å². The Morgan fingerprint density at radius 1 is 0.833 bits per heavy atom. The molecule has 5 heterocycles. The number of aryl methyl sites for hydroxylation is 3. The lowest BCUT2D eigenvalue weighted by Crippen LogP contribution is -2.47. The second-order valence-corrected chi connectivity index (χ2v) is 7.52. The number of fused-ring (bicyclic) bond motifs is 1. The quantitative estimate of drug-likeness (QED) is 0.516. The van der Waals surface area contributed by atoms with Crippen molar-refractivity contribution in [2.75, 3.05) is 36.0 Å². The lowest BCUT2D eigenvalue weighted by atomic mass is 10.2. The molecule has 1 aliphatic heterocycles. The maximum Gasteiger partial charge on any atom is 0.164 e. The molecule has 0 bridgehead atoms. The van der Waals surface area contributed by atoms with E-state index in [2.05, 4.69) is 45.9 Å². The average Bonchev–Trinajstić information content (AvgIpc) is 3.11. The zero-order valence-corrected chi connectivity index (χ0v) is 17.3. The predicted octanol–water partition coefficient (Wildman–Crippen LogP) is 2.25. The largest absolute Gasteiger partial charge is 0.353 e. The van der Waals surface area contributed by atoms with E-state index in [0.29, 0.717) is 0 Å². The first-order valence-electron chi connectivity index (χ1n) is 10.0. The number of hydrogen-bond donors (Lipinski definition) is 0. The second kappa shape index (κ2) is 7.33. The van der Waals surface area contributed by atoms with Gasteiger partial charge in [-0.3, -0.25) is 0 Å². The number of hydrogen-bond acceptors (Lipinski definition) is 8. The number of aromatic nitrogens is 7. The summed E-state index contributed by atoms with van der Waals surface area (Å²) in [5.74, 6) is 3.41. The highest BCUT2D eigenvalue weighted by atomic mass is 15.3. The number of rotatable bonds is 3. The first-order valence-corrected chi connectivity index (χ1v) is 10.0. The first kappa shape index (κ1) is 18.4. The lowest BCUT2D eigenvalue weighted by molar-refractivity contribution is 0.640. The van der Waals surface area contributed by atoms with E-state index < -0.39 is 0 Å². The Labute approximate surface area is 174 Å². The predicted molar refractivity (Wildman–Crippen MR) is 115 cm³/mol. The lowest BCUT2D eigenvalue weighted by Gasteiger charge is -2.36. The summed E-state index contributed by atoms with van der Waals surface area (Å²) in [6, 6.07) is 8.02. The van der Waals surface area contributed by atoms with E-state index in [1.54, 1.807) is 12.5 Å². The fraction of sp³-hybridized carbons (Fsp3) is 0.333. The van der Waals surface area contributed by atoms with E-state index >= 15 is 0 Å². The number of piperazine rings is 1. The average molecular weight is 401 g/mol. The molecule has 4 aromatic heterocycles. The Morgan fingerprint density at radius 3 is 2.37 bits per heavy atom. The van der Waals surface area contributed by atoms with E-state index in [0.717, 1.165) is 71.9 Å². The van der Waals surface area contributed by atoms with Gasteiger partial charge in [0.05, 0.1) is 11.1 Å². The summed E-state index contributed by atoms with van der Waals surface area (Å²) in [7, 11) is 0. The van der Waals surface area contributed by atoms with Crippen molar-refractivity contribution in [2.45, 2.75) is 20.8 Å². The SMILES string of the molecule is Cc1cc(C)n(-c2cc(N3CCN(c4ncnc5ncccc45)CC3)nc(C)n2)n1. The fourth-order valence-electron chi connectivity index (χ4n) is 3.95. The van der Waals surface area contributed by atoms with Gasteiger partial charge in [0, 0.05) is 44.1 Å². The molecule has 0 aromatic carbocycles. The first-order chi connectivity index (χ1) is 14.6. The number of anilines is 2. The van der Waals surface area contributed by atoms with Crippen LogP contribution in [0.1, 0.15) is 17.2 Å². The maximum absolute atomic E-state index is 4.69. The van der Waals surface area contributed by atoms with Crippen molar-refractivity contribution in [2.24, 2.45) is 0 Å². The van der Waals surface area contributed by atoms with Gasteiger partial charge in [0.2, 0.25) is 0 Å². The molecule has 0 saturated carbocycles. The maximum atomic E-state index is 4.69. The van der Waals surface area contributed by atoms with Crippen molar-refractivity contribution in [3.63, 3.8) is 0 Å². The zero-order valence-electron chi connectivity index (χ0n) is 17.3. The fourth-order valence-corrected chi connectivity index (χ4v) is 3.95. The van der Waals surface area contributed by atoms with Gasteiger partial charge in [-0.05, 0) is 39.0 Å². The molecule has 30 heavy (non-hydrogen) atoms.